The van der Waals surface area contributed by atoms with Crippen molar-refractivity contribution in [2.45, 2.75) is 104 Å². The number of fused-ring (bicyclic) bond motifs is 6. The fraction of sp³-hybridized carbons (Fsp3) is 0.302. The lowest BCUT2D eigenvalue weighted by molar-refractivity contribution is -0.171. The molecule has 1 saturated heterocycles. The monoisotopic (exact) mass is 1140 g/mol. The number of nitrogens with zero attached hydrogens (tertiary/aromatic N) is 7. The first-order valence-electron chi connectivity index (χ1n) is 28.0. The number of carbonyl (C=O) groups is 2. The minimum Gasteiger partial charge on any atom is -0.508 e. The van der Waals surface area contributed by atoms with Gasteiger partial charge in [0.2, 0.25) is 5.60 Å². The van der Waals surface area contributed by atoms with Gasteiger partial charge in [0.1, 0.15) is 23.9 Å². The van der Waals surface area contributed by atoms with Crippen molar-refractivity contribution in [2.24, 2.45) is 5.92 Å². The summed E-state index contributed by atoms with van der Waals surface area (Å²) >= 11 is 0. The minimum atomic E-state index is -4.59. The molecule has 426 valence electrons. The molecule has 83 heavy (non-hydrogen) atoms. The summed E-state index contributed by atoms with van der Waals surface area (Å²) in [6.07, 6.45) is 4.63. The van der Waals surface area contributed by atoms with E-state index in [-0.39, 0.29) is 73.2 Å². The first kappa shape index (κ1) is 55.0. The van der Waals surface area contributed by atoms with Crippen molar-refractivity contribution in [3.63, 3.8) is 0 Å². The second-order valence-corrected chi connectivity index (χ2v) is 23.3. The lowest BCUT2D eigenvalue weighted by Gasteiger charge is -2.37. The number of aromatic nitrogens is 6. The van der Waals surface area contributed by atoms with Gasteiger partial charge in [-0.2, -0.15) is 0 Å². The number of phosphoric acid groups is 1. The van der Waals surface area contributed by atoms with Gasteiger partial charge in [0.15, 0.2) is 5.82 Å². The smallest absolute Gasteiger partial charge is 0.476 e. The maximum absolute atomic E-state index is 14.9. The van der Waals surface area contributed by atoms with Crippen LogP contribution in [0.3, 0.4) is 0 Å². The molecule has 1 fully saturated rings. The highest BCUT2D eigenvalue weighted by Crippen LogP contribution is 2.58. The number of phenolic OH excluding ortho intramolecular Hbond substituents is 2. The van der Waals surface area contributed by atoms with Gasteiger partial charge in [0, 0.05) is 59.3 Å². The third-order valence-electron chi connectivity index (χ3n) is 16.4. The Morgan fingerprint density at radius 1 is 0.831 bits per heavy atom. The fourth-order valence-corrected chi connectivity index (χ4v) is 13.3. The van der Waals surface area contributed by atoms with E-state index in [0.717, 1.165) is 53.2 Å². The Morgan fingerprint density at radius 3 is 2.24 bits per heavy atom. The van der Waals surface area contributed by atoms with Gasteiger partial charge in [-0.25, -0.2) is 23.7 Å². The summed E-state index contributed by atoms with van der Waals surface area (Å²) in [4.78, 5) is 49.4. The number of carbonyl (C=O) groups excluding carboxylic acids is 2. The van der Waals surface area contributed by atoms with Crippen LogP contribution in [0.5, 0.6) is 23.3 Å². The van der Waals surface area contributed by atoms with Crippen LogP contribution in [-0.4, -0.2) is 74.3 Å². The molecule has 1 atom stereocenters. The topological polar surface area (TPSA) is 232 Å². The molecule has 0 aliphatic carbocycles. The third-order valence-corrected chi connectivity index (χ3v) is 17.8. The predicted molar refractivity (Wildman–Crippen MR) is 309 cm³/mol. The number of aromatic hydroxyl groups is 3. The molecular weight excluding hydrogens is 1080 g/mol. The van der Waals surface area contributed by atoms with Crippen LogP contribution >= 0.6 is 7.82 Å². The molecule has 9 aromatic rings. The van der Waals surface area contributed by atoms with Gasteiger partial charge >= 0.3 is 25.9 Å². The van der Waals surface area contributed by atoms with E-state index in [1.165, 1.54) is 10.6 Å². The number of phosphoric ester groups is 1. The van der Waals surface area contributed by atoms with Crippen LogP contribution in [0.25, 0.3) is 50.3 Å². The standard InChI is InChI=1S/C63H62N7O12P/c1-5-45-47-30-44(81-62(76)68-26-22-39(23-27-68)21-25-67-28-24-42-29-43(17-20-53(42)67)70-58(65-66-61(70)75)48-31-46(38(3)4)55(71)33-56(48)72)18-19-52(47)64-57-49(45)34-69-54(57)32-51-50(59(69)73)37-78-60(74)63(51,6-2)82-83(77,79-35-40-13-9-7-10-14-40)80-36-41-15-11-8-12-16-41/h7-20,24,28-33,38-39,71-72H,5-6,21-23,25-27,34-37H2,1-4H3,(H,66,75). The molecule has 20 heteroatoms. The van der Waals surface area contributed by atoms with Gasteiger partial charge in [-0.15, -0.1) is 5.10 Å². The second-order valence-electron chi connectivity index (χ2n) is 21.7. The summed E-state index contributed by atoms with van der Waals surface area (Å²) in [5, 5.41) is 41.9. The van der Waals surface area contributed by atoms with E-state index in [0.29, 0.717) is 76.0 Å². The zero-order valence-corrected chi connectivity index (χ0v) is 47.3. The Labute approximate surface area is 477 Å². The molecule has 7 heterocycles. The van der Waals surface area contributed by atoms with Crippen molar-refractivity contribution in [2.75, 3.05) is 13.1 Å². The van der Waals surface area contributed by atoms with Crippen LogP contribution in [-0.2, 0) is 72.6 Å². The second kappa shape index (κ2) is 22.3. The third kappa shape index (κ3) is 10.3. The first-order chi connectivity index (χ1) is 40.1. The summed E-state index contributed by atoms with van der Waals surface area (Å²) in [5.41, 5.74) is 5.32. The summed E-state index contributed by atoms with van der Waals surface area (Å²) in [6, 6.07) is 35.7. The number of pyridine rings is 2. The highest BCUT2D eigenvalue weighted by atomic mass is 31.2. The highest BCUT2D eigenvalue weighted by Gasteiger charge is 2.53. The minimum absolute atomic E-state index is 0.0230. The predicted octanol–water partition coefficient (Wildman–Crippen LogP) is 12.0. The number of esters is 1. The van der Waals surface area contributed by atoms with Crippen molar-refractivity contribution in [3.8, 4) is 51.7 Å². The van der Waals surface area contributed by atoms with Crippen LogP contribution in [0, 0.1) is 5.92 Å². The lowest BCUT2D eigenvalue weighted by atomic mass is 9.86. The Kier molecular flexibility index (Phi) is 14.7. The van der Waals surface area contributed by atoms with Gasteiger partial charge in [-0.3, -0.25) is 18.4 Å². The Bertz CT molecular complexity index is 4050. The van der Waals surface area contributed by atoms with Crippen molar-refractivity contribution in [1.29, 1.82) is 0 Å². The van der Waals surface area contributed by atoms with E-state index in [4.69, 9.17) is 28.0 Å². The number of amides is 1. The SMILES string of the molecule is CCc1c2c(nc3ccc(OC(=O)N4CCC(CCn5ccc6cc(-n7c(O)nnc7-c7cc(C(C)C)c(O)cc7O)ccc65)CC4)cc13)-c1cc3c(c(=O)n1C2)COC(=O)C3(CC)OP(=O)(OCc1ccccc1)OCc1ccccc1. The lowest BCUT2D eigenvalue weighted by Crippen LogP contribution is -2.46. The number of hydrogen-bond acceptors (Lipinski definition) is 15. The first-order valence-corrected chi connectivity index (χ1v) is 29.4. The fourth-order valence-electron chi connectivity index (χ4n) is 11.8. The number of aryl methyl sites for hydroxylation is 2. The van der Waals surface area contributed by atoms with Gasteiger partial charge in [-0.05, 0) is 121 Å². The molecular formula is C63H62N7O12P. The number of phenols is 2. The molecule has 0 radical (unpaired) electrons. The Hall–Kier alpha value is -8.61. The average molecular weight is 1140 g/mol. The normalized spacial score (nSPS) is 16.1. The van der Waals surface area contributed by atoms with E-state index in [2.05, 4.69) is 14.8 Å². The van der Waals surface area contributed by atoms with Crippen LogP contribution in [0.4, 0.5) is 4.79 Å². The van der Waals surface area contributed by atoms with Gasteiger partial charge in [-0.1, -0.05) is 93.5 Å². The van der Waals surface area contributed by atoms with Gasteiger partial charge in [0.25, 0.3) is 5.56 Å². The number of cyclic esters (lactones) is 1. The maximum atomic E-state index is 14.9. The van der Waals surface area contributed by atoms with Crippen molar-refractivity contribution in [3.05, 3.63) is 177 Å². The molecule has 0 saturated carbocycles. The quantitative estimate of drug-likeness (QED) is 0.0568. The van der Waals surface area contributed by atoms with Gasteiger partial charge in [0.05, 0.1) is 53.5 Å². The molecule has 0 bridgehead atoms. The van der Waals surface area contributed by atoms with Crippen LogP contribution in [0.15, 0.2) is 132 Å². The number of rotatable bonds is 17. The summed E-state index contributed by atoms with van der Waals surface area (Å²) < 4.78 is 50.2. The molecule has 3 aliphatic heterocycles. The maximum Gasteiger partial charge on any atom is 0.476 e. The van der Waals surface area contributed by atoms with E-state index < -0.39 is 31.0 Å². The molecule has 1 amide bonds. The zero-order valence-electron chi connectivity index (χ0n) is 46.4. The molecule has 12 rings (SSSR count). The number of ether oxygens (including phenoxy) is 2. The van der Waals surface area contributed by atoms with E-state index in [1.54, 1.807) is 64.9 Å². The number of likely N-dealkylation sites (tertiary alicyclic amines) is 1. The Balaban J connectivity index is 0.726. The van der Waals surface area contributed by atoms with Gasteiger partial charge < -0.3 is 38.8 Å². The average Bonchev–Trinajstić information content (AvgIpc) is 2.32. The molecule has 0 spiro atoms. The number of benzene rings is 5. The van der Waals surface area contributed by atoms with Crippen molar-refractivity contribution < 1.29 is 52.5 Å². The van der Waals surface area contributed by atoms with E-state index >= 15 is 0 Å². The summed E-state index contributed by atoms with van der Waals surface area (Å²) in [6.45, 7) is 9.02. The zero-order chi connectivity index (χ0) is 57.7. The van der Waals surface area contributed by atoms with Crippen molar-refractivity contribution >= 4 is 41.7 Å². The molecule has 4 aromatic heterocycles. The highest BCUT2D eigenvalue weighted by molar-refractivity contribution is 7.48. The number of hydrogen-bond donors (Lipinski definition) is 3. The molecule has 19 nitrogen and oxygen atoms in total. The van der Waals surface area contributed by atoms with E-state index in [9.17, 15) is 34.3 Å². The Morgan fingerprint density at radius 2 is 1.55 bits per heavy atom. The van der Waals surface area contributed by atoms with Crippen molar-refractivity contribution in [1.82, 2.24) is 33.8 Å². The molecule has 3 aliphatic rings. The largest absolute Gasteiger partial charge is 0.508 e. The van der Waals surface area contributed by atoms with Crippen LogP contribution < -0.4 is 10.3 Å². The molecule has 1 unspecified atom stereocenters. The summed E-state index contributed by atoms with van der Waals surface area (Å²) in [5.74, 6) is -0.0732. The van der Waals surface area contributed by atoms with E-state index in [1.807, 2.05) is 93.7 Å². The number of piperidine rings is 1. The molecule has 5 aromatic carbocycles. The van der Waals surface area contributed by atoms with Crippen LogP contribution in [0.2, 0.25) is 0 Å². The summed E-state index contributed by atoms with van der Waals surface area (Å²) in [7, 11) is -4.59. The van der Waals surface area contributed by atoms with Crippen LogP contribution in [0.1, 0.15) is 98.2 Å². The molecule has 3 N–H and O–H groups in total.